The lowest BCUT2D eigenvalue weighted by Crippen LogP contribution is -2.28. The molecular weight excluding hydrogens is 256 g/mol. The second-order valence-corrected chi connectivity index (χ2v) is 5.79. The molecular formula is C14H18N4S. The van der Waals surface area contributed by atoms with Crippen LogP contribution in [-0.4, -0.2) is 22.4 Å². The van der Waals surface area contributed by atoms with Gasteiger partial charge in [0.05, 0.1) is 5.56 Å². The molecule has 2 aromatic heterocycles. The van der Waals surface area contributed by atoms with Gasteiger partial charge in [0.25, 0.3) is 0 Å². The maximum absolute atomic E-state index is 6.05. The summed E-state index contributed by atoms with van der Waals surface area (Å²) in [4.78, 5) is 6.53. The van der Waals surface area contributed by atoms with Crippen LogP contribution >= 0.6 is 11.5 Å². The Labute approximate surface area is 117 Å². The van der Waals surface area contributed by atoms with E-state index in [1.54, 1.807) is 6.20 Å². The third-order valence-corrected chi connectivity index (χ3v) is 4.80. The molecule has 19 heavy (non-hydrogen) atoms. The highest BCUT2D eigenvalue weighted by Gasteiger charge is 2.25. The smallest absolute Gasteiger partial charge is 0.147 e. The third kappa shape index (κ3) is 2.30. The summed E-state index contributed by atoms with van der Waals surface area (Å²) in [5.74, 6) is 0.609. The first-order chi connectivity index (χ1) is 9.27. The van der Waals surface area contributed by atoms with Crippen LogP contribution in [0.4, 0.5) is 10.8 Å². The fourth-order valence-electron chi connectivity index (χ4n) is 2.77. The number of nitrogen functional groups attached to an aromatic ring is 1. The molecule has 2 N–H and O–H groups in total. The number of pyridine rings is 1. The maximum atomic E-state index is 6.05. The molecule has 1 saturated carbocycles. The van der Waals surface area contributed by atoms with E-state index in [9.17, 15) is 0 Å². The Balaban J connectivity index is 1.98. The molecule has 1 fully saturated rings. The number of nitrogens with two attached hydrogens (primary N) is 1. The average molecular weight is 274 g/mol. The molecule has 0 atom stereocenters. The summed E-state index contributed by atoms with van der Waals surface area (Å²) in [5, 5.41) is 1.16. The highest BCUT2D eigenvalue weighted by atomic mass is 32.1. The highest BCUT2D eigenvalue weighted by molar-refractivity contribution is 7.11. The summed E-state index contributed by atoms with van der Waals surface area (Å²) in [6.07, 6.45) is 8.81. The van der Waals surface area contributed by atoms with E-state index in [4.69, 9.17) is 5.73 Å². The fourth-order valence-corrected chi connectivity index (χ4v) is 3.64. The minimum Gasteiger partial charge on any atom is -0.382 e. The molecule has 2 aromatic rings. The van der Waals surface area contributed by atoms with E-state index in [0.717, 1.165) is 16.1 Å². The fraction of sp³-hybridized carbons (Fsp3) is 0.429. The van der Waals surface area contributed by atoms with Gasteiger partial charge < -0.3 is 10.6 Å². The quantitative estimate of drug-likeness (QED) is 0.934. The summed E-state index contributed by atoms with van der Waals surface area (Å²) in [7, 11) is 2.16. The zero-order valence-electron chi connectivity index (χ0n) is 11.0. The molecule has 0 saturated heterocycles. The zero-order valence-corrected chi connectivity index (χ0v) is 11.9. The maximum Gasteiger partial charge on any atom is 0.147 e. The minimum absolute atomic E-state index is 0.609. The van der Waals surface area contributed by atoms with Crippen molar-refractivity contribution in [3.05, 3.63) is 24.5 Å². The molecule has 3 rings (SSSR count). The molecule has 0 aromatic carbocycles. The van der Waals surface area contributed by atoms with E-state index in [-0.39, 0.29) is 0 Å². The molecule has 2 heterocycles. The Kier molecular flexibility index (Phi) is 3.38. The van der Waals surface area contributed by atoms with Gasteiger partial charge in [0, 0.05) is 31.0 Å². The van der Waals surface area contributed by atoms with Gasteiger partial charge in [-0.15, -0.1) is 0 Å². The largest absolute Gasteiger partial charge is 0.382 e. The normalized spacial score (nSPS) is 15.8. The second kappa shape index (κ2) is 5.17. The predicted molar refractivity (Wildman–Crippen MR) is 80.4 cm³/mol. The number of nitrogens with zero attached hydrogens (tertiary/aromatic N) is 3. The number of anilines is 2. The monoisotopic (exact) mass is 274 g/mol. The van der Waals surface area contributed by atoms with Crippen molar-refractivity contribution in [2.75, 3.05) is 17.7 Å². The van der Waals surface area contributed by atoms with Crippen molar-refractivity contribution in [2.24, 2.45) is 0 Å². The van der Waals surface area contributed by atoms with Gasteiger partial charge >= 0.3 is 0 Å². The van der Waals surface area contributed by atoms with Crippen LogP contribution < -0.4 is 10.6 Å². The molecule has 1 aliphatic rings. The molecule has 5 heteroatoms. The van der Waals surface area contributed by atoms with E-state index in [2.05, 4.69) is 21.3 Å². The molecule has 0 bridgehead atoms. The Morgan fingerprint density at radius 2 is 2.16 bits per heavy atom. The van der Waals surface area contributed by atoms with Gasteiger partial charge in [-0.1, -0.05) is 18.9 Å². The van der Waals surface area contributed by atoms with Crippen LogP contribution in [0.25, 0.3) is 11.1 Å². The number of hydrogen-bond acceptors (Lipinski definition) is 5. The standard InChI is InChI=1S/C14H18N4S/c1-18(11-6-2-3-7-11)14-12(13(15)17-19-14)10-5-4-8-16-9-10/h4-5,8-9,11H,2-3,6-7H2,1H3,(H2,15,17). The van der Waals surface area contributed by atoms with Crippen molar-refractivity contribution in [3.63, 3.8) is 0 Å². The van der Waals surface area contributed by atoms with Gasteiger partial charge in [0.15, 0.2) is 0 Å². The van der Waals surface area contributed by atoms with Crippen LogP contribution in [0.15, 0.2) is 24.5 Å². The van der Waals surface area contributed by atoms with Crippen LogP contribution in [0.2, 0.25) is 0 Å². The highest BCUT2D eigenvalue weighted by Crippen LogP contribution is 2.40. The minimum atomic E-state index is 0.609. The van der Waals surface area contributed by atoms with Crippen molar-refractivity contribution in [3.8, 4) is 11.1 Å². The number of rotatable bonds is 3. The molecule has 1 aliphatic carbocycles. The first-order valence-corrected chi connectivity index (χ1v) is 7.43. The van der Waals surface area contributed by atoms with Crippen molar-refractivity contribution >= 4 is 22.4 Å². The average Bonchev–Trinajstić information content (AvgIpc) is 3.08. The predicted octanol–water partition coefficient (Wildman–Crippen LogP) is 3.17. The Morgan fingerprint density at radius 1 is 1.37 bits per heavy atom. The van der Waals surface area contributed by atoms with Crippen molar-refractivity contribution in [1.29, 1.82) is 0 Å². The van der Waals surface area contributed by atoms with Gasteiger partial charge in [0.1, 0.15) is 10.8 Å². The third-order valence-electron chi connectivity index (χ3n) is 3.84. The van der Waals surface area contributed by atoms with Crippen molar-refractivity contribution < 1.29 is 0 Å². The van der Waals surface area contributed by atoms with Crippen LogP contribution in [-0.2, 0) is 0 Å². The Hall–Kier alpha value is -1.62. The molecule has 0 radical (unpaired) electrons. The van der Waals surface area contributed by atoms with Crippen LogP contribution in [0.3, 0.4) is 0 Å². The summed E-state index contributed by atoms with van der Waals surface area (Å²) in [6.45, 7) is 0. The Morgan fingerprint density at radius 3 is 2.84 bits per heavy atom. The van der Waals surface area contributed by atoms with Gasteiger partial charge in [-0.3, -0.25) is 4.98 Å². The topological polar surface area (TPSA) is 55.0 Å². The van der Waals surface area contributed by atoms with E-state index in [1.807, 2.05) is 18.3 Å². The number of aromatic nitrogens is 2. The van der Waals surface area contributed by atoms with Crippen LogP contribution in [0.5, 0.6) is 0 Å². The molecule has 4 nitrogen and oxygen atoms in total. The molecule has 0 spiro atoms. The van der Waals surface area contributed by atoms with E-state index in [0.29, 0.717) is 11.9 Å². The zero-order chi connectivity index (χ0) is 13.2. The molecule has 0 amide bonds. The summed E-state index contributed by atoms with van der Waals surface area (Å²) in [5.41, 5.74) is 8.14. The van der Waals surface area contributed by atoms with Gasteiger partial charge in [-0.2, -0.15) is 4.37 Å². The SMILES string of the molecule is CN(c1snc(N)c1-c1cccnc1)C1CCCC1. The van der Waals surface area contributed by atoms with Gasteiger partial charge in [0.2, 0.25) is 0 Å². The first-order valence-electron chi connectivity index (χ1n) is 6.65. The second-order valence-electron chi connectivity index (χ2n) is 5.04. The van der Waals surface area contributed by atoms with Gasteiger partial charge in [-0.25, -0.2) is 0 Å². The molecule has 100 valence electrons. The van der Waals surface area contributed by atoms with E-state index < -0.39 is 0 Å². The Bertz CT molecular complexity index is 546. The first kappa shape index (κ1) is 12.4. The molecule has 0 aliphatic heterocycles. The molecule has 0 unspecified atom stereocenters. The summed E-state index contributed by atoms with van der Waals surface area (Å²) >= 11 is 1.49. The van der Waals surface area contributed by atoms with Crippen molar-refractivity contribution in [2.45, 2.75) is 31.7 Å². The number of hydrogen-bond donors (Lipinski definition) is 1. The van der Waals surface area contributed by atoms with E-state index >= 15 is 0 Å². The van der Waals surface area contributed by atoms with Gasteiger partial charge in [-0.05, 0) is 30.4 Å². The van der Waals surface area contributed by atoms with Crippen LogP contribution in [0, 0.1) is 0 Å². The van der Waals surface area contributed by atoms with Crippen molar-refractivity contribution in [1.82, 2.24) is 9.36 Å². The summed E-state index contributed by atoms with van der Waals surface area (Å²) in [6, 6.07) is 4.60. The van der Waals surface area contributed by atoms with E-state index in [1.165, 1.54) is 37.2 Å². The summed E-state index contributed by atoms with van der Waals surface area (Å²) < 4.78 is 4.34. The van der Waals surface area contributed by atoms with Crippen LogP contribution in [0.1, 0.15) is 25.7 Å². The lowest BCUT2D eigenvalue weighted by molar-refractivity contribution is 0.658. The lowest BCUT2D eigenvalue weighted by Gasteiger charge is -2.25. The lowest BCUT2D eigenvalue weighted by atomic mass is 10.1.